The second-order valence-corrected chi connectivity index (χ2v) is 7.71. The lowest BCUT2D eigenvalue weighted by Crippen LogP contribution is -2.55. The molecule has 3 aliphatic rings. The van der Waals surface area contributed by atoms with Gasteiger partial charge in [0.2, 0.25) is 5.91 Å². The summed E-state index contributed by atoms with van der Waals surface area (Å²) in [6.07, 6.45) is 2.89. The van der Waals surface area contributed by atoms with E-state index in [2.05, 4.69) is 22.0 Å². The molecule has 1 amide bonds. The monoisotopic (exact) mass is 509 g/mol. The largest absolute Gasteiger partial charge is 0.393 e. The van der Waals surface area contributed by atoms with Crippen LogP contribution in [0.2, 0.25) is 0 Å². The summed E-state index contributed by atoms with van der Waals surface area (Å²) in [4.78, 5) is 23.6. The molecule has 0 aromatic carbocycles. The summed E-state index contributed by atoms with van der Waals surface area (Å²) in [5.74, 6) is 1.45. The maximum absolute atomic E-state index is 12.4. The number of aliphatic imine (C=N–C) groups is 1. The highest BCUT2D eigenvalue weighted by atomic mass is 127. The van der Waals surface area contributed by atoms with E-state index >= 15 is 0 Å². The molecule has 2 aliphatic heterocycles. The standard InChI is InChI=1S/C19H35N5O3.HI/c1-2-20-19(21-14-16-4-3-5-17(16)25)24-8-6-22(7-9-24)15-18(26)23-10-12-27-13-11-23;/h16-17,25H,2-15H2,1H3,(H,20,21);1H. The van der Waals surface area contributed by atoms with Crippen LogP contribution in [0.15, 0.2) is 4.99 Å². The Labute approximate surface area is 185 Å². The fraction of sp³-hybridized carbons (Fsp3) is 0.895. The van der Waals surface area contributed by atoms with Crippen molar-refractivity contribution in [2.75, 3.05) is 72.1 Å². The lowest BCUT2D eigenvalue weighted by atomic mass is 10.1. The molecule has 3 rings (SSSR count). The summed E-state index contributed by atoms with van der Waals surface area (Å²) in [7, 11) is 0. The van der Waals surface area contributed by atoms with Crippen molar-refractivity contribution in [2.24, 2.45) is 10.9 Å². The van der Waals surface area contributed by atoms with Crippen molar-refractivity contribution in [2.45, 2.75) is 32.3 Å². The first kappa shape index (κ1) is 23.6. The normalized spacial score (nSPS) is 26.9. The zero-order chi connectivity index (χ0) is 19.1. The molecule has 162 valence electrons. The highest BCUT2D eigenvalue weighted by molar-refractivity contribution is 14.0. The minimum atomic E-state index is -0.195. The summed E-state index contributed by atoms with van der Waals surface area (Å²) in [6, 6.07) is 0. The van der Waals surface area contributed by atoms with Crippen LogP contribution >= 0.6 is 24.0 Å². The average molecular weight is 509 g/mol. The maximum atomic E-state index is 12.4. The molecule has 0 spiro atoms. The summed E-state index contributed by atoms with van der Waals surface area (Å²) in [5, 5.41) is 13.4. The van der Waals surface area contributed by atoms with E-state index in [0.717, 1.165) is 57.9 Å². The topological polar surface area (TPSA) is 80.6 Å². The molecule has 2 atom stereocenters. The number of piperazine rings is 1. The van der Waals surface area contributed by atoms with Gasteiger partial charge in [-0.25, -0.2) is 0 Å². The van der Waals surface area contributed by atoms with Crippen molar-refractivity contribution in [3.63, 3.8) is 0 Å². The van der Waals surface area contributed by atoms with Gasteiger partial charge in [-0.1, -0.05) is 6.42 Å². The third kappa shape index (κ3) is 6.70. The van der Waals surface area contributed by atoms with Gasteiger partial charge in [0.1, 0.15) is 0 Å². The Hall–Kier alpha value is -0.650. The summed E-state index contributed by atoms with van der Waals surface area (Å²) < 4.78 is 5.32. The van der Waals surface area contributed by atoms with Crippen LogP contribution < -0.4 is 5.32 Å². The van der Waals surface area contributed by atoms with Crippen molar-refractivity contribution in [1.82, 2.24) is 20.0 Å². The summed E-state index contributed by atoms with van der Waals surface area (Å²) in [6.45, 7) is 10.3. The number of rotatable bonds is 5. The molecule has 1 saturated carbocycles. The Balaban J connectivity index is 0.00000280. The van der Waals surface area contributed by atoms with E-state index in [1.54, 1.807) is 0 Å². The number of carbonyl (C=O) groups excluding carboxylic acids is 1. The molecule has 0 aromatic heterocycles. The van der Waals surface area contributed by atoms with Crippen molar-refractivity contribution < 1.29 is 14.6 Å². The van der Waals surface area contributed by atoms with E-state index in [-0.39, 0.29) is 36.0 Å². The van der Waals surface area contributed by atoms with Gasteiger partial charge in [-0.05, 0) is 19.8 Å². The second-order valence-electron chi connectivity index (χ2n) is 7.71. The zero-order valence-corrected chi connectivity index (χ0v) is 19.3. The van der Waals surface area contributed by atoms with Gasteiger partial charge in [0.25, 0.3) is 0 Å². The molecular weight excluding hydrogens is 473 g/mol. The molecule has 2 saturated heterocycles. The number of guanidine groups is 1. The van der Waals surface area contributed by atoms with Crippen LogP contribution in [0.25, 0.3) is 0 Å². The number of ether oxygens (including phenoxy) is 1. The fourth-order valence-corrected chi connectivity index (χ4v) is 4.08. The smallest absolute Gasteiger partial charge is 0.236 e. The highest BCUT2D eigenvalue weighted by Gasteiger charge is 2.27. The third-order valence-electron chi connectivity index (χ3n) is 5.82. The van der Waals surface area contributed by atoms with Crippen LogP contribution in [0.1, 0.15) is 26.2 Å². The Bertz CT molecular complexity index is 508. The Morgan fingerprint density at radius 1 is 1.11 bits per heavy atom. The van der Waals surface area contributed by atoms with E-state index in [1.807, 2.05) is 4.90 Å². The number of hydrogen-bond donors (Lipinski definition) is 2. The van der Waals surface area contributed by atoms with E-state index < -0.39 is 0 Å². The Morgan fingerprint density at radius 2 is 1.82 bits per heavy atom. The van der Waals surface area contributed by atoms with Crippen LogP contribution in [-0.2, 0) is 9.53 Å². The van der Waals surface area contributed by atoms with Gasteiger partial charge in [-0.3, -0.25) is 14.7 Å². The molecule has 8 nitrogen and oxygen atoms in total. The number of morpholine rings is 1. The predicted molar refractivity (Wildman–Crippen MR) is 120 cm³/mol. The van der Waals surface area contributed by atoms with Gasteiger partial charge in [0.05, 0.1) is 25.9 Å². The van der Waals surface area contributed by atoms with Gasteiger partial charge >= 0.3 is 0 Å². The second kappa shape index (κ2) is 12.1. The molecule has 0 bridgehead atoms. The molecular formula is C19H36IN5O3. The molecule has 9 heteroatoms. The zero-order valence-electron chi connectivity index (χ0n) is 17.0. The van der Waals surface area contributed by atoms with Crippen LogP contribution in [0.3, 0.4) is 0 Å². The molecule has 0 aromatic rings. The number of hydrogen-bond acceptors (Lipinski definition) is 5. The van der Waals surface area contributed by atoms with E-state index in [9.17, 15) is 9.90 Å². The van der Waals surface area contributed by atoms with Crippen molar-refractivity contribution in [3.05, 3.63) is 0 Å². The number of halogens is 1. The lowest BCUT2D eigenvalue weighted by molar-refractivity contribution is -0.136. The molecule has 0 radical (unpaired) electrons. The number of nitrogens with zero attached hydrogens (tertiary/aromatic N) is 4. The average Bonchev–Trinajstić information content (AvgIpc) is 3.11. The molecule has 1 aliphatic carbocycles. The fourth-order valence-electron chi connectivity index (χ4n) is 4.08. The van der Waals surface area contributed by atoms with E-state index in [4.69, 9.17) is 9.73 Å². The van der Waals surface area contributed by atoms with Crippen LogP contribution in [0.4, 0.5) is 0 Å². The predicted octanol–water partition coefficient (Wildman–Crippen LogP) is 0.207. The number of aliphatic hydroxyl groups excluding tert-OH is 1. The molecule has 3 fully saturated rings. The first-order valence-corrected chi connectivity index (χ1v) is 10.5. The van der Waals surface area contributed by atoms with Gasteiger partial charge in [-0.2, -0.15) is 0 Å². The number of aliphatic hydroxyl groups is 1. The van der Waals surface area contributed by atoms with E-state index in [1.165, 1.54) is 0 Å². The lowest BCUT2D eigenvalue weighted by Gasteiger charge is -2.37. The van der Waals surface area contributed by atoms with Crippen LogP contribution in [0.5, 0.6) is 0 Å². The first-order chi connectivity index (χ1) is 13.2. The summed E-state index contributed by atoms with van der Waals surface area (Å²) in [5.41, 5.74) is 0. The summed E-state index contributed by atoms with van der Waals surface area (Å²) >= 11 is 0. The first-order valence-electron chi connectivity index (χ1n) is 10.5. The number of nitrogens with one attached hydrogen (secondary N) is 1. The van der Waals surface area contributed by atoms with Gasteiger partial charge in [0, 0.05) is 58.3 Å². The minimum Gasteiger partial charge on any atom is -0.393 e. The van der Waals surface area contributed by atoms with Crippen LogP contribution in [-0.4, -0.2) is 110 Å². The van der Waals surface area contributed by atoms with Crippen molar-refractivity contribution in [1.29, 1.82) is 0 Å². The van der Waals surface area contributed by atoms with Crippen molar-refractivity contribution >= 4 is 35.8 Å². The van der Waals surface area contributed by atoms with Gasteiger partial charge in [0.15, 0.2) is 5.96 Å². The van der Waals surface area contributed by atoms with Crippen molar-refractivity contribution in [3.8, 4) is 0 Å². The minimum absolute atomic E-state index is 0. The van der Waals surface area contributed by atoms with Gasteiger partial charge in [-0.15, -0.1) is 24.0 Å². The van der Waals surface area contributed by atoms with E-state index in [0.29, 0.717) is 45.3 Å². The van der Waals surface area contributed by atoms with Gasteiger partial charge < -0.3 is 25.0 Å². The molecule has 2 heterocycles. The van der Waals surface area contributed by atoms with Crippen LogP contribution in [0, 0.1) is 5.92 Å². The Kier molecular flexibility index (Phi) is 10.2. The maximum Gasteiger partial charge on any atom is 0.236 e. The number of amides is 1. The number of carbonyl (C=O) groups is 1. The molecule has 28 heavy (non-hydrogen) atoms. The molecule has 2 N–H and O–H groups in total. The molecule has 2 unspecified atom stereocenters. The third-order valence-corrected chi connectivity index (χ3v) is 5.82. The highest BCUT2D eigenvalue weighted by Crippen LogP contribution is 2.25. The SMILES string of the molecule is CCNC(=NCC1CCCC1O)N1CCN(CC(=O)N2CCOCC2)CC1.I. The quantitative estimate of drug-likeness (QED) is 0.314. The Morgan fingerprint density at radius 3 is 2.43 bits per heavy atom.